The van der Waals surface area contributed by atoms with Gasteiger partial charge in [0.05, 0.1) is 12.0 Å². The zero-order chi connectivity index (χ0) is 17.3. The first-order chi connectivity index (χ1) is 11.5. The predicted octanol–water partition coefficient (Wildman–Crippen LogP) is 5.25. The maximum atomic E-state index is 12.6. The summed E-state index contributed by atoms with van der Waals surface area (Å²) in [4.78, 5) is 12.6. The average Bonchev–Trinajstić information content (AvgIpc) is 2.55. The topological polar surface area (TPSA) is 48.7 Å². The van der Waals surface area contributed by atoms with Crippen LogP contribution in [0.25, 0.3) is 11.0 Å². The van der Waals surface area contributed by atoms with Crippen molar-refractivity contribution in [3.05, 3.63) is 63.0 Å². The number of ether oxygens (including phenoxy) is 2. The Bertz CT molecular complexity index is 936. The monoisotopic (exact) mass is 344 g/mol. The summed E-state index contributed by atoms with van der Waals surface area (Å²) in [5.41, 5.74) is 2.00. The molecular formula is C19H17ClO4. The highest BCUT2D eigenvalue weighted by Gasteiger charge is 2.11. The van der Waals surface area contributed by atoms with Gasteiger partial charge in [-0.15, -0.1) is 0 Å². The van der Waals surface area contributed by atoms with E-state index in [0.29, 0.717) is 34.1 Å². The quantitative estimate of drug-likeness (QED) is 0.648. The molecule has 0 atom stereocenters. The van der Waals surface area contributed by atoms with Crippen molar-refractivity contribution in [3.8, 4) is 17.2 Å². The standard InChI is InChI=1S/C19H17ClO4/c1-4-22-13-5-6-15-16(9-13)23-10-17(19(15)21)24-14-7-11(2)18(20)12(3)8-14/h5-10H,4H2,1-3H3. The molecule has 3 rings (SSSR count). The summed E-state index contributed by atoms with van der Waals surface area (Å²) in [6.45, 7) is 6.22. The molecule has 1 heterocycles. The zero-order valence-electron chi connectivity index (χ0n) is 13.7. The van der Waals surface area contributed by atoms with Gasteiger partial charge in [0.1, 0.15) is 23.3 Å². The fraction of sp³-hybridized carbons (Fsp3) is 0.211. The third-order valence-electron chi connectivity index (χ3n) is 3.66. The molecular weight excluding hydrogens is 328 g/mol. The van der Waals surface area contributed by atoms with E-state index in [1.807, 2.05) is 20.8 Å². The second-order valence-corrected chi connectivity index (χ2v) is 5.87. The Morgan fingerprint density at radius 1 is 1.08 bits per heavy atom. The molecule has 0 bridgehead atoms. The van der Waals surface area contributed by atoms with Crippen LogP contribution in [0.1, 0.15) is 18.1 Å². The van der Waals surface area contributed by atoms with Gasteiger partial charge in [-0.25, -0.2) is 0 Å². The van der Waals surface area contributed by atoms with Crippen molar-refractivity contribution >= 4 is 22.6 Å². The maximum Gasteiger partial charge on any atom is 0.235 e. The van der Waals surface area contributed by atoms with Crippen LogP contribution in [0.3, 0.4) is 0 Å². The molecule has 0 amide bonds. The number of halogens is 1. The van der Waals surface area contributed by atoms with E-state index in [1.165, 1.54) is 6.26 Å². The Morgan fingerprint density at radius 3 is 2.46 bits per heavy atom. The lowest BCUT2D eigenvalue weighted by molar-refractivity contribution is 0.340. The Hall–Kier alpha value is -2.46. The van der Waals surface area contributed by atoms with E-state index in [1.54, 1.807) is 30.3 Å². The van der Waals surface area contributed by atoms with Crippen LogP contribution < -0.4 is 14.9 Å². The number of hydrogen-bond acceptors (Lipinski definition) is 4. The Balaban J connectivity index is 2.00. The van der Waals surface area contributed by atoms with Gasteiger partial charge in [-0.3, -0.25) is 4.79 Å². The molecule has 24 heavy (non-hydrogen) atoms. The summed E-state index contributed by atoms with van der Waals surface area (Å²) in [6, 6.07) is 8.69. The number of rotatable bonds is 4. The SMILES string of the molecule is CCOc1ccc2c(=O)c(Oc3cc(C)c(Cl)c(C)c3)coc2c1. The van der Waals surface area contributed by atoms with Gasteiger partial charge >= 0.3 is 0 Å². The lowest BCUT2D eigenvalue weighted by atomic mass is 10.1. The Labute approximate surface area is 144 Å². The third-order valence-corrected chi connectivity index (χ3v) is 4.26. The Morgan fingerprint density at radius 2 is 1.79 bits per heavy atom. The van der Waals surface area contributed by atoms with Crippen LogP contribution in [0.5, 0.6) is 17.2 Å². The second-order valence-electron chi connectivity index (χ2n) is 5.49. The van der Waals surface area contributed by atoms with Crippen LogP contribution in [0.15, 0.2) is 45.8 Å². The highest BCUT2D eigenvalue weighted by Crippen LogP contribution is 2.29. The minimum absolute atomic E-state index is 0.132. The fourth-order valence-electron chi connectivity index (χ4n) is 2.51. The first kappa shape index (κ1) is 16.4. The largest absolute Gasteiger partial charge is 0.494 e. The average molecular weight is 345 g/mol. The van der Waals surface area contributed by atoms with E-state index in [0.717, 1.165) is 11.1 Å². The predicted molar refractivity (Wildman–Crippen MR) is 94.7 cm³/mol. The molecule has 0 aliphatic rings. The van der Waals surface area contributed by atoms with Crippen LogP contribution in [-0.2, 0) is 0 Å². The molecule has 1 aromatic heterocycles. The van der Waals surface area contributed by atoms with Crippen molar-refractivity contribution in [2.24, 2.45) is 0 Å². The summed E-state index contributed by atoms with van der Waals surface area (Å²) in [6.07, 6.45) is 1.32. The molecule has 2 aromatic carbocycles. The molecule has 0 saturated heterocycles. The van der Waals surface area contributed by atoms with Gasteiger partial charge < -0.3 is 13.9 Å². The summed E-state index contributed by atoms with van der Waals surface area (Å²) in [5.74, 6) is 1.34. The molecule has 0 unspecified atom stereocenters. The molecule has 0 radical (unpaired) electrons. The third kappa shape index (κ3) is 3.10. The highest BCUT2D eigenvalue weighted by molar-refractivity contribution is 6.32. The molecule has 0 saturated carbocycles. The van der Waals surface area contributed by atoms with Crippen molar-refractivity contribution in [2.75, 3.05) is 6.61 Å². The number of hydrogen-bond donors (Lipinski definition) is 0. The normalized spacial score (nSPS) is 10.8. The second kappa shape index (κ2) is 6.57. The fourth-order valence-corrected chi connectivity index (χ4v) is 2.62. The summed E-state index contributed by atoms with van der Waals surface area (Å²) in [7, 11) is 0. The minimum Gasteiger partial charge on any atom is -0.494 e. The van der Waals surface area contributed by atoms with Crippen molar-refractivity contribution in [3.63, 3.8) is 0 Å². The van der Waals surface area contributed by atoms with Gasteiger partial charge in [-0.1, -0.05) is 11.6 Å². The minimum atomic E-state index is -0.232. The van der Waals surface area contributed by atoms with Crippen LogP contribution in [0.2, 0.25) is 5.02 Å². The first-order valence-electron chi connectivity index (χ1n) is 7.62. The smallest absolute Gasteiger partial charge is 0.235 e. The van der Waals surface area contributed by atoms with Gasteiger partial charge in [0.15, 0.2) is 0 Å². The van der Waals surface area contributed by atoms with E-state index in [9.17, 15) is 4.79 Å². The molecule has 3 aromatic rings. The molecule has 5 heteroatoms. The van der Waals surface area contributed by atoms with Gasteiger partial charge in [-0.2, -0.15) is 0 Å². The van der Waals surface area contributed by atoms with Gasteiger partial charge in [0.25, 0.3) is 0 Å². The van der Waals surface area contributed by atoms with Gasteiger partial charge in [-0.05, 0) is 56.2 Å². The molecule has 4 nitrogen and oxygen atoms in total. The number of fused-ring (bicyclic) bond motifs is 1. The van der Waals surface area contributed by atoms with Crippen molar-refractivity contribution in [2.45, 2.75) is 20.8 Å². The molecule has 0 aliphatic carbocycles. The highest BCUT2D eigenvalue weighted by atomic mass is 35.5. The van der Waals surface area contributed by atoms with Crippen molar-refractivity contribution in [1.82, 2.24) is 0 Å². The van der Waals surface area contributed by atoms with Crippen LogP contribution in [-0.4, -0.2) is 6.61 Å². The van der Waals surface area contributed by atoms with Crippen molar-refractivity contribution in [1.29, 1.82) is 0 Å². The Kier molecular flexibility index (Phi) is 4.49. The van der Waals surface area contributed by atoms with E-state index >= 15 is 0 Å². The lowest BCUT2D eigenvalue weighted by Crippen LogP contribution is -2.05. The van der Waals surface area contributed by atoms with E-state index in [-0.39, 0.29) is 11.2 Å². The zero-order valence-corrected chi connectivity index (χ0v) is 14.4. The van der Waals surface area contributed by atoms with E-state index in [4.69, 9.17) is 25.5 Å². The van der Waals surface area contributed by atoms with Gasteiger partial charge in [0, 0.05) is 11.1 Å². The first-order valence-corrected chi connectivity index (χ1v) is 8.00. The molecule has 0 spiro atoms. The lowest BCUT2D eigenvalue weighted by Gasteiger charge is -2.10. The van der Waals surface area contributed by atoms with E-state index < -0.39 is 0 Å². The summed E-state index contributed by atoms with van der Waals surface area (Å²) < 4.78 is 16.7. The maximum absolute atomic E-state index is 12.6. The summed E-state index contributed by atoms with van der Waals surface area (Å²) in [5, 5.41) is 1.13. The van der Waals surface area contributed by atoms with Crippen molar-refractivity contribution < 1.29 is 13.9 Å². The van der Waals surface area contributed by atoms with Crippen LogP contribution in [0.4, 0.5) is 0 Å². The molecule has 0 fully saturated rings. The van der Waals surface area contributed by atoms with Crippen LogP contribution in [0, 0.1) is 13.8 Å². The number of aryl methyl sites for hydroxylation is 2. The summed E-state index contributed by atoms with van der Waals surface area (Å²) >= 11 is 6.15. The van der Waals surface area contributed by atoms with E-state index in [2.05, 4.69) is 0 Å². The molecule has 0 aliphatic heterocycles. The van der Waals surface area contributed by atoms with Gasteiger partial charge in [0.2, 0.25) is 11.2 Å². The molecule has 124 valence electrons. The van der Waals surface area contributed by atoms with Crippen LogP contribution >= 0.6 is 11.6 Å². The number of benzene rings is 2. The molecule has 0 N–H and O–H groups in total.